The van der Waals surface area contributed by atoms with E-state index in [9.17, 15) is 42.0 Å². The van der Waals surface area contributed by atoms with Crippen LogP contribution in [0, 0.1) is 11.5 Å². The second-order valence-electron chi connectivity index (χ2n) is 7.99. The van der Waals surface area contributed by atoms with Crippen LogP contribution in [0.5, 0.6) is 5.88 Å². The van der Waals surface area contributed by atoms with Crippen molar-refractivity contribution in [2.45, 2.75) is 17.7 Å². The number of aromatic hydroxyl groups is 1. The van der Waals surface area contributed by atoms with Crippen LogP contribution in [0.3, 0.4) is 0 Å². The number of hydrogen-bond acceptors (Lipinski definition) is 10. The second kappa shape index (κ2) is 12.2. The molecule has 2 aliphatic rings. The number of allylic oxidation sites excluding steroid dienone is 1. The Morgan fingerprint density at radius 3 is 2.36 bits per heavy atom. The topological polar surface area (TPSA) is 219 Å². The van der Waals surface area contributed by atoms with Gasteiger partial charge in [-0.1, -0.05) is 17.3 Å². The molecule has 39 heavy (non-hydrogen) atoms. The Kier molecular flexibility index (Phi) is 9.92. The predicted molar refractivity (Wildman–Crippen MR) is 125 cm³/mol. The molecule has 4 amide bonds. The van der Waals surface area contributed by atoms with Gasteiger partial charge >= 0.3 is 43.8 Å². The van der Waals surface area contributed by atoms with E-state index in [2.05, 4.69) is 11.4 Å². The summed E-state index contributed by atoms with van der Waals surface area (Å²) in [6, 6.07) is 0.643. The largest absolute Gasteiger partial charge is 1.00 e. The Hall–Kier alpha value is -3.44. The van der Waals surface area contributed by atoms with E-state index in [-0.39, 0.29) is 84.7 Å². The summed E-state index contributed by atoms with van der Waals surface area (Å²) in [6.07, 6.45) is 5.91. The standard InChI is InChI=1S/C22H18N5O9S.2Li/c23-16-4-3-13-19-14(16)8-12(37(34,35)36)9-15(19)21(32)27(20(13)31)25-22(33)24-10-11(28)2-1-7-26-17(29)5-6-18(26)30;;/h3,5-6,8-9,23,32H,1-2,7,10H2,(H2,24,25,33)(H,34,35,36);;/q-1;2*+1/p-1. The van der Waals surface area contributed by atoms with Gasteiger partial charge in [0, 0.05) is 35.4 Å². The molecule has 0 atom stereocenters. The molecule has 0 spiro atoms. The number of imide groups is 1. The van der Waals surface area contributed by atoms with E-state index in [0.717, 1.165) is 35.3 Å². The first-order valence-electron chi connectivity index (χ1n) is 10.6. The summed E-state index contributed by atoms with van der Waals surface area (Å²) in [5, 5.41) is 20.5. The number of amides is 4. The zero-order valence-electron chi connectivity index (χ0n) is 20.7. The monoisotopic (exact) mass is 541 g/mol. The third kappa shape index (κ3) is 6.42. The van der Waals surface area contributed by atoms with Gasteiger partial charge in [-0.15, -0.1) is 10.9 Å². The second-order valence-corrected chi connectivity index (χ2v) is 9.37. The predicted octanol–water partition coefficient (Wildman–Crippen LogP) is -6.66. The van der Waals surface area contributed by atoms with E-state index in [0.29, 0.717) is 4.68 Å². The van der Waals surface area contributed by atoms with Gasteiger partial charge in [-0.05, 0) is 12.5 Å². The van der Waals surface area contributed by atoms with Crippen LogP contribution in [0.1, 0.15) is 24.0 Å². The normalized spacial score (nSPS) is 13.8. The molecule has 0 saturated heterocycles. The van der Waals surface area contributed by atoms with Gasteiger partial charge in [-0.3, -0.25) is 24.1 Å². The molecule has 1 aromatic heterocycles. The van der Waals surface area contributed by atoms with Gasteiger partial charge in [0.1, 0.15) is 10.1 Å². The number of hydrogen-bond donors (Lipinski definition) is 4. The molecule has 14 nitrogen and oxygen atoms in total. The summed E-state index contributed by atoms with van der Waals surface area (Å²) in [6.45, 7) is -0.452. The van der Waals surface area contributed by atoms with Crippen molar-refractivity contribution in [1.82, 2.24) is 14.9 Å². The number of benzene rings is 1. The van der Waals surface area contributed by atoms with E-state index >= 15 is 0 Å². The fraction of sp³-hybridized carbons (Fsp3) is 0.182. The molecule has 1 aromatic carbocycles. The first-order chi connectivity index (χ1) is 17.4. The molecule has 0 bridgehead atoms. The number of nitrogens with zero attached hydrogens (tertiary/aromatic N) is 2. The van der Waals surface area contributed by atoms with E-state index < -0.39 is 56.6 Å². The molecule has 0 radical (unpaired) electrons. The van der Waals surface area contributed by atoms with Crippen molar-refractivity contribution >= 4 is 56.3 Å². The van der Waals surface area contributed by atoms with Crippen molar-refractivity contribution in [2.75, 3.05) is 18.5 Å². The van der Waals surface area contributed by atoms with Crippen molar-refractivity contribution in [3.05, 3.63) is 51.8 Å². The van der Waals surface area contributed by atoms with Crippen molar-refractivity contribution in [1.29, 1.82) is 5.41 Å². The minimum Gasteiger partial charge on any atom is -0.744 e. The number of ketones is 1. The number of pyridine rings is 1. The van der Waals surface area contributed by atoms with Crippen LogP contribution in [-0.4, -0.2) is 70.1 Å². The smallest absolute Gasteiger partial charge is 0.744 e. The fourth-order valence-electron chi connectivity index (χ4n) is 3.82. The molecular weight excluding hydrogens is 524 g/mol. The van der Waals surface area contributed by atoms with Crippen LogP contribution in [0.25, 0.3) is 16.8 Å². The number of carbonyl (C=O) groups is 4. The maximum absolute atomic E-state index is 12.9. The molecule has 192 valence electrons. The average Bonchev–Trinajstić information content (AvgIpc) is 3.16. The number of Topliss-reactive ketones (excluding diaryl/α,β-unsaturated/α-hetero) is 1. The van der Waals surface area contributed by atoms with Gasteiger partial charge in [-0.25, -0.2) is 18.6 Å². The molecule has 17 heteroatoms. The van der Waals surface area contributed by atoms with E-state index in [1.165, 1.54) is 0 Å². The van der Waals surface area contributed by atoms with Crippen LogP contribution in [-0.2, 0) is 24.5 Å². The Balaban J connectivity index is 0.00000267. The molecule has 4 N–H and O–H groups in total. The Labute approximate surface area is 244 Å². The molecule has 4 rings (SSSR count). The first-order valence-corrected chi connectivity index (χ1v) is 12.0. The third-order valence-electron chi connectivity index (χ3n) is 5.58. The maximum atomic E-state index is 12.9. The summed E-state index contributed by atoms with van der Waals surface area (Å²) in [7, 11) is -5.00. The number of urea groups is 1. The van der Waals surface area contributed by atoms with Gasteiger partial charge < -0.3 is 20.4 Å². The Bertz CT molecular complexity index is 1630. The molecular formula is C22H17Li2N5O9S. The summed E-state index contributed by atoms with van der Waals surface area (Å²) in [4.78, 5) is 60.5. The SMILES string of the molecule is N=C1[C-]=Cc2c(=O)n(NC(=O)NCC(=O)CCCN3C(=O)C=CC3=O)c(O)c3cc(S(=O)(=O)[O-])cc1c23.[Li+].[Li+]. The maximum Gasteiger partial charge on any atom is 1.00 e. The molecule has 0 unspecified atom stereocenters. The summed E-state index contributed by atoms with van der Waals surface area (Å²) < 4.78 is 35.1. The third-order valence-corrected chi connectivity index (χ3v) is 6.40. The van der Waals surface area contributed by atoms with Gasteiger partial charge in [0.25, 0.3) is 11.8 Å². The fourth-order valence-corrected chi connectivity index (χ4v) is 4.35. The van der Waals surface area contributed by atoms with Gasteiger partial charge in [0.2, 0.25) is 11.4 Å². The summed E-state index contributed by atoms with van der Waals surface area (Å²) >= 11 is 0. The van der Waals surface area contributed by atoms with Gasteiger partial charge in [0.15, 0.2) is 5.78 Å². The van der Waals surface area contributed by atoms with E-state index in [1.807, 2.05) is 5.43 Å². The van der Waals surface area contributed by atoms with E-state index in [4.69, 9.17) is 5.41 Å². The van der Waals surface area contributed by atoms with Crippen molar-refractivity contribution < 1.29 is 75.0 Å². The average molecular weight is 541 g/mol. The number of aromatic nitrogens is 1. The van der Waals surface area contributed by atoms with Crippen LogP contribution < -0.4 is 54.0 Å². The minimum absolute atomic E-state index is 0. The van der Waals surface area contributed by atoms with Crippen LogP contribution in [0.15, 0.2) is 34.0 Å². The van der Waals surface area contributed by atoms with Gasteiger partial charge in [-0.2, -0.15) is 16.8 Å². The molecule has 0 fully saturated rings. The Morgan fingerprint density at radius 2 is 1.74 bits per heavy atom. The molecule has 1 aliphatic carbocycles. The zero-order chi connectivity index (χ0) is 27.1. The van der Waals surface area contributed by atoms with Crippen LogP contribution >= 0.6 is 0 Å². The number of nitrogens with one attached hydrogen (secondary N) is 3. The number of rotatable bonds is 8. The Morgan fingerprint density at radius 1 is 1.10 bits per heavy atom. The number of carbonyl (C=O) groups excluding carboxylic acids is 4. The van der Waals surface area contributed by atoms with Crippen molar-refractivity contribution in [3.8, 4) is 5.88 Å². The quantitative estimate of drug-likeness (QED) is 0.108. The van der Waals surface area contributed by atoms with Crippen molar-refractivity contribution in [2.24, 2.45) is 0 Å². The molecule has 1 aliphatic heterocycles. The molecule has 2 heterocycles. The first kappa shape index (κ1) is 31.8. The van der Waals surface area contributed by atoms with Gasteiger partial charge in [0.05, 0.1) is 6.54 Å². The van der Waals surface area contributed by atoms with Crippen molar-refractivity contribution in [3.63, 3.8) is 0 Å². The zero-order valence-corrected chi connectivity index (χ0v) is 21.5. The summed E-state index contributed by atoms with van der Waals surface area (Å²) in [5.74, 6) is -2.32. The van der Waals surface area contributed by atoms with Crippen LogP contribution in [0.4, 0.5) is 4.79 Å². The molecule has 2 aromatic rings. The van der Waals surface area contributed by atoms with E-state index in [1.54, 1.807) is 0 Å². The minimum atomic E-state index is -5.00. The van der Waals surface area contributed by atoms with Crippen LogP contribution in [0.2, 0.25) is 0 Å². The molecule has 0 saturated carbocycles. The summed E-state index contributed by atoms with van der Waals surface area (Å²) in [5.41, 5.74) is 0.525.